The van der Waals surface area contributed by atoms with Gasteiger partial charge in [-0.1, -0.05) is 24.3 Å². The Hall–Kier alpha value is -2.40. The fraction of sp³-hybridized carbons (Fsp3) is 0.294. The second-order valence-electron chi connectivity index (χ2n) is 4.82. The van der Waals surface area contributed by atoms with Crippen molar-refractivity contribution >= 4 is 11.6 Å². The van der Waals surface area contributed by atoms with E-state index in [1.54, 1.807) is 18.3 Å². The molecular formula is C17H20N2O3. The summed E-state index contributed by atoms with van der Waals surface area (Å²) < 4.78 is 6.91. The summed E-state index contributed by atoms with van der Waals surface area (Å²) in [7, 11) is 0. The number of anilines is 1. The number of amides is 1. The van der Waals surface area contributed by atoms with Crippen LogP contribution in [0.1, 0.15) is 18.9 Å². The maximum atomic E-state index is 12.1. The molecule has 1 aromatic heterocycles. The second kappa shape index (κ2) is 8.14. The van der Waals surface area contributed by atoms with E-state index in [9.17, 15) is 9.59 Å². The number of ether oxygens (including phenoxy) is 1. The zero-order valence-corrected chi connectivity index (χ0v) is 12.6. The van der Waals surface area contributed by atoms with E-state index in [0.717, 1.165) is 11.3 Å². The average molecular weight is 300 g/mol. The van der Waals surface area contributed by atoms with Gasteiger partial charge >= 0.3 is 0 Å². The average Bonchev–Trinajstić information content (AvgIpc) is 2.53. The Morgan fingerprint density at radius 1 is 1.18 bits per heavy atom. The van der Waals surface area contributed by atoms with Crippen molar-refractivity contribution in [3.05, 3.63) is 64.6 Å². The first-order valence-corrected chi connectivity index (χ1v) is 7.31. The Morgan fingerprint density at radius 2 is 1.95 bits per heavy atom. The van der Waals surface area contributed by atoms with Crippen molar-refractivity contribution in [2.24, 2.45) is 0 Å². The van der Waals surface area contributed by atoms with Gasteiger partial charge in [0.25, 0.3) is 5.56 Å². The van der Waals surface area contributed by atoms with Gasteiger partial charge in [-0.25, -0.2) is 0 Å². The van der Waals surface area contributed by atoms with E-state index in [0.29, 0.717) is 19.8 Å². The van der Waals surface area contributed by atoms with Crippen molar-refractivity contribution in [3.63, 3.8) is 0 Å². The van der Waals surface area contributed by atoms with Gasteiger partial charge in [0.1, 0.15) is 0 Å². The molecule has 2 aromatic rings. The molecule has 1 amide bonds. The first-order chi connectivity index (χ1) is 10.7. The number of aromatic nitrogens is 1. The molecule has 0 unspecified atom stereocenters. The van der Waals surface area contributed by atoms with Crippen LogP contribution in [0.4, 0.5) is 5.69 Å². The lowest BCUT2D eigenvalue weighted by Crippen LogP contribution is -2.22. The number of nitrogens with zero attached hydrogens (tertiary/aromatic N) is 1. The SMILES string of the molecule is CCOCc1ccccc1NC(=O)CCn1ccccc1=O. The molecule has 0 fully saturated rings. The minimum absolute atomic E-state index is 0.105. The van der Waals surface area contributed by atoms with Gasteiger partial charge in [0.05, 0.1) is 6.61 Å². The standard InChI is InChI=1S/C17H20N2O3/c1-2-22-13-14-7-3-4-8-15(14)18-16(20)10-12-19-11-6-5-9-17(19)21/h3-9,11H,2,10,12-13H2,1H3,(H,18,20). The summed E-state index contributed by atoms with van der Waals surface area (Å²) in [5, 5.41) is 2.87. The highest BCUT2D eigenvalue weighted by Crippen LogP contribution is 2.16. The zero-order chi connectivity index (χ0) is 15.8. The van der Waals surface area contributed by atoms with Gasteiger partial charge in [-0.3, -0.25) is 9.59 Å². The summed E-state index contributed by atoms with van der Waals surface area (Å²) in [6.07, 6.45) is 1.92. The molecule has 0 atom stereocenters. The van der Waals surface area contributed by atoms with Crippen LogP contribution in [0.2, 0.25) is 0 Å². The Kier molecular flexibility index (Phi) is 5.91. The third-order valence-electron chi connectivity index (χ3n) is 3.23. The van der Waals surface area contributed by atoms with Crippen molar-refractivity contribution in [2.45, 2.75) is 26.5 Å². The minimum Gasteiger partial charge on any atom is -0.377 e. The van der Waals surface area contributed by atoms with E-state index in [1.807, 2.05) is 31.2 Å². The van der Waals surface area contributed by atoms with Crippen LogP contribution >= 0.6 is 0 Å². The molecule has 1 N–H and O–H groups in total. The maximum absolute atomic E-state index is 12.1. The molecule has 2 rings (SSSR count). The quantitative estimate of drug-likeness (QED) is 0.854. The Balaban J connectivity index is 1.95. The molecule has 0 aliphatic carbocycles. The van der Waals surface area contributed by atoms with Crippen LogP contribution in [0.3, 0.4) is 0 Å². The van der Waals surface area contributed by atoms with Gasteiger partial charge in [0, 0.05) is 43.1 Å². The number of carbonyl (C=O) groups excluding carboxylic acids is 1. The van der Waals surface area contributed by atoms with E-state index >= 15 is 0 Å². The summed E-state index contributed by atoms with van der Waals surface area (Å²) in [5.74, 6) is -0.125. The molecule has 5 nitrogen and oxygen atoms in total. The zero-order valence-electron chi connectivity index (χ0n) is 12.6. The lowest BCUT2D eigenvalue weighted by Gasteiger charge is -2.11. The normalized spacial score (nSPS) is 10.4. The predicted octanol–water partition coefficient (Wildman–Crippen LogP) is 2.41. The van der Waals surface area contributed by atoms with Crippen LogP contribution in [-0.2, 0) is 22.7 Å². The second-order valence-corrected chi connectivity index (χ2v) is 4.82. The largest absolute Gasteiger partial charge is 0.377 e. The van der Waals surface area contributed by atoms with Crippen LogP contribution in [0.25, 0.3) is 0 Å². The minimum atomic E-state index is -0.125. The summed E-state index contributed by atoms with van der Waals surface area (Å²) in [6, 6.07) is 12.5. The van der Waals surface area contributed by atoms with E-state index in [-0.39, 0.29) is 17.9 Å². The number of benzene rings is 1. The molecule has 0 spiro atoms. The van der Waals surface area contributed by atoms with Gasteiger partial charge in [-0.15, -0.1) is 0 Å². The molecule has 0 aliphatic rings. The summed E-state index contributed by atoms with van der Waals surface area (Å²) in [4.78, 5) is 23.6. The van der Waals surface area contributed by atoms with Crippen molar-refractivity contribution in [1.29, 1.82) is 0 Å². The fourth-order valence-electron chi connectivity index (χ4n) is 2.06. The van der Waals surface area contributed by atoms with Crippen molar-refractivity contribution < 1.29 is 9.53 Å². The number of nitrogens with one attached hydrogen (secondary N) is 1. The Bertz CT molecular complexity index is 679. The molecule has 22 heavy (non-hydrogen) atoms. The monoisotopic (exact) mass is 300 g/mol. The van der Waals surface area contributed by atoms with E-state index in [4.69, 9.17) is 4.74 Å². The van der Waals surface area contributed by atoms with Gasteiger partial charge in [-0.2, -0.15) is 0 Å². The van der Waals surface area contributed by atoms with Crippen LogP contribution in [0.15, 0.2) is 53.5 Å². The summed E-state index contributed by atoms with van der Waals surface area (Å²) >= 11 is 0. The topological polar surface area (TPSA) is 60.3 Å². The molecular weight excluding hydrogens is 280 g/mol. The molecule has 0 bridgehead atoms. The number of hydrogen-bond donors (Lipinski definition) is 1. The molecule has 0 saturated carbocycles. The Labute approximate surface area is 129 Å². The van der Waals surface area contributed by atoms with E-state index in [1.165, 1.54) is 10.6 Å². The molecule has 116 valence electrons. The number of rotatable bonds is 7. The third kappa shape index (κ3) is 4.56. The van der Waals surface area contributed by atoms with Crippen LogP contribution in [-0.4, -0.2) is 17.1 Å². The molecule has 1 heterocycles. The molecule has 0 saturated heterocycles. The highest BCUT2D eigenvalue weighted by Gasteiger charge is 2.07. The van der Waals surface area contributed by atoms with Crippen LogP contribution in [0, 0.1) is 0 Å². The fourth-order valence-corrected chi connectivity index (χ4v) is 2.06. The van der Waals surface area contributed by atoms with Crippen molar-refractivity contribution in [3.8, 4) is 0 Å². The molecule has 5 heteroatoms. The van der Waals surface area contributed by atoms with Crippen LogP contribution in [0.5, 0.6) is 0 Å². The van der Waals surface area contributed by atoms with Gasteiger partial charge < -0.3 is 14.6 Å². The maximum Gasteiger partial charge on any atom is 0.250 e. The first-order valence-electron chi connectivity index (χ1n) is 7.31. The predicted molar refractivity (Wildman–Crippen MR) is 85.7 cm³/mol. The third-order valence-corrected chi connectivity index (χ3v) is 3.23. The molecule has 0 aliphatic heterocycles. The highest BCUT2D eigenvalue weighted by atomic mass is 16.5. The number of pyridine rings is 1. The number of para-hydroxylation sites is 1. The number of aryl methyl sites for hydroxylation is 1. The Morgan fingerprint density at radius 3 is 2.73 bits per heavy atom. The molecule has 1 aromatic carbocycles. The lowest BCUT2D eigenvalue weighted by atomic mass is 10.2. The smallest absolute Gasteiger partial charge is 0.250 e. The van der Waals surface area contributed by atoms with Crippen molar-refractivity contribution in [1.82, 2.24) is 4.57 Å². The number of carbonyl (C=O) groups is 1. The van der Waals surface area contributed by atoms with Gasteiger partial charge in [0.2, 0.25) is 5.91 Å². The summed E-state index contributed by atoms with van der Waals surface area (Å²) in [5.41, 5.74) is 1.59. The van der Waals surface area contributed by atoms with E-state index in [2.05, 4.69) is 5.32 Å². The van der Waals surface area contributed by atoms with E-state index < -0.39 is 0 Å². The van der Waals surface area contributed by atoms with Crippen LogP contribution < -0.4 is 10.9 Å². The number of hydrogen-bond acceptors (Lipinski definition) is 3. The first kappa shape index (κ1) is 16.0. The lowest BCUT2D eigenvalue weighted by molar-refractivity contribution is -0.116. The van der Waals surface area contributed by atoms with Crippen molar-refractivity contribution in [2.75, 3.05) is 11.9 Å². The highest BCUT2D eigenvalue weighted by molar-refractivity contribution is 5.91. The van der Waals surface area contributed by atoms with Gasteiger partial charge in [0.15, 0.2) is 0 Å². The summed E-state index contributed by atoms with van der Waals surface area (Å²) in [6.45, 7) is 3.38. The van der Waals surface area contributed by atoms with Gasteiger partial charge in [-0.05, 0) is 19.1 Å². The molecule has 0 radical (unpaired) electrons.